The zero-order chi connectivity index (χ0) is 31.1. The number of methoxy groups -OCH3 is 1. The molecule has 44 heavy (non-hydrogen) atoms. The maximum Gasteiger partial charge on any atom is 0.232 e. The Hall–Kier alpha value is -4.08. The Balaban J connectivity index is 0.00000123. The van der Waals surface area contributed by atoms with E-state index >= 15 is 0 Å². The van der Waals surface area contributed by atoms with Gasteiger partial charge < -0.3 is 25.5 Å². The summed E-state index contributed by atoms with van der Waals surface area (Å²) in [7, 11) is 5.34. The third kappa shape index (κ3) is 6.84. The van der Waals surface area contributed by atoms with E-state index in [-0.39, 0.29) is 6.04 Å². The van der Waals surface area contributed by atoms with Crippen LogP contribution in [0, 0.1) is 6.92 Å². The van der Waals surface area contributed by atoms with Crippen molar-refractivity contribution in [2.75, 3.05) is 39.6 Å². The SMILES string of the molecule is CCC(C=O)N1CCC(c2ccc(Nc3nc(-c4cncc(OC)n4)cc4c3C(=C3CCC3)NC=C4)cc2C)CC1.CNC. The van der Waals surface area contributed by atoms with E-state index < -0.39 is 0 Å². The average Bonchev–Trinajstić information content (AvgIpc) is 3.02. The van der Waals surface area contributed by atoms with Gasteiger partial charge in [-0.3, -0.25) is 9.88 Å². The molecule has 0 spiro atoms. The van der Waals surface area contributed by atoms with Crippen LogP contribution >= 0.6 is 0 Å². The lowest BCUT2D eigenvalue weighted by Crippen LogP contribution is -2.41. The fourth-order valence-corrected chi connectivity index (χ4v) is 6.25. The number of aldehydes is 1. The monoisotopic (exact) mass is 595 g/mol. The van der Waals surface area contributed by atoms with Crippen molar-refractivity contribution in [3.05, 3.63) is 70.7 Å². The van der Waals surface area contributed by atoms with Gasteiger partial charge in [0, 0.05) is 23.1 Å². The second kappa shape index (κ2) is 14.6. The molecule has 0 radical (unpaired) electrons. The van der Waals surface area contributed by atoms with Crippen molar-refractivity contribution >= 4 is 29.6 Å². The standard InChI is InChI=1S/C33H38N6O2.C2H7N/c1-4-26(20-40)39-14-11-22(12-15-39)27-9-8-25(16-21(27)2)36-33-31-24(10-13-35-32(31)23-6-5-7-23)17-28(38-33)29-18-34-19-30(37-29)41-3;1-3-2/h8-10,13,16-20,22,26,35H,4-7,11-12,14-15H2,1-3H3,(H,36,38);3H,1-2H3. The van der Waals surface area contributed by atoms with E-state index in [9.17, 15) is 4.79 Å². The van der Waals surface area contributed by atoms with Crippen LogP contribution in [-0.4, -0.2) is 66.5 Å². The number of hydrogen-bond donors (Lipinski definition) is 3. The number of carbonyl (C=O) groups excluding carboxylic acids is 1. The highest BCUT2D eigenvalue weighted by molar-refractivity contribution is 5.88. The molecule has 1 saturated carbocycles. The van der Waals surface area contributed by atoms with Crippen molar-refractivity contribution in [3.8, 4) is 17.3 Å². The third-order valence-electron chi connectivity index (χ3n) is 8.73. The highest BCUT2D eigenvalue weighted by Crippen LogP contribution is 2.40. The summed E-state index contributed by atoms with van der Waals surface area (Å²) in [5.41, 5.74) is 9.86. The van der Waals surface area contributed by atoms with Gasteiger partial charge in [0.1, 0.15) is 17.8 Å². The van der Waals surface area contributed by atoms with Crippen LogP contribution in [0.25, 0.3) is 23.2 Å². The number of piperidine rings is 1. The summed E-state index contributed by atoms with van der Waals surface area (Å²) in [5, 5.41) is 9.93. The van der Waals surface area contributed by atoms with Crippen molar-refractivity contribution in [1.29, 1.82) is 0 Å². The maximum atomic E-state index is 11.5. The molecule has 9 heteroatoms. The summed E-state index contributed by atoms with van der Waals surface area (Å²) >= 11 is 0. The molecule has 3 N–H and O–H groups in total. The van der Waals surface area contributed by atoms with Gasteiger partial charge in [-0.05, 0) is 125 Å². The topological polar surface area (TPSA) is 104 Å². The number of benzene rings is 1. The highest BCUT2D eigenvalue weighted by Gasteiger charge is 2.27. The molecule has 2 fully saturated rings. The number of aromatic nitrogens is 3. The summed E-state index contributed by atoms with van der Waals surface area (Å²) in [4.78, 5) is 27.8. The van der Waals surface area contributed by atoms with Crippen molar-refractivity contribution in [3.63, 3.8) is 0 Å². The quantitative estimate of drug-likeness (QED) is 0.268. The molecule has 0 bridgehead atoms. The normalized spacial score (nSPS) is 17.0. The van der Waals surface area contributed by atoms with Crippen LogP contribution in [0.15, 0.2) is 48.4 Å². The Bertz CT molecular complexity index is 1520. The van der Waals surface area contributed by atoms with E-state index in [4.69, 9.17) is 9.72 Å². The molecule has 1 aliphatic carbocycles. The largest absolute Gasteiger partial charge is 0.480 e. The number of allylic oxidation sites excluding steroid dienone is 1. The molecule has 1 saturated heterocycles. The summed E-state index contributed by atoms with van der Waals surface area (Å²) in [6.07, 6.45) is 15.0. The lowest BCUT2D eigenvalue weighted by Gasteiger charge is -2.35. The minimum Gasteiger partial charge on any atom is -0.480 e. The van der Waals surface area contributed by atoms with E-state index in [1.807, 2.05) is 20.3 Å². The van der Waals surface area contributed by atoms with Crippen LogP contribution in [0.2, 0.25) is 0 Å². The lowest BCUT2D eigenvalue weighted by atomic mass is 9.86. The van der Waals surface area contributed by atoms with Crippen LogP contribution in [0.3, 0.4) is 0 Å². The van der Waals surface area contributed by atoms with Gasteiger partial charge in [0.05, 0.1) is 31.2 Å². The summed E-state index contributed by atoms with van der Waals surface area (Å²) in [5.74, 6) is 1.77. The number of pyridine rings is 1. The number of carbonyl (C=O) groups is 1. The van der Waals surface area contributed by atoms with E-state index in [0.717, 1.165) is 85.5 Å². The Morgan fingerprint density at radius 3 is 2.52 bits per heavy atom. The first-order valence-electron chi connectivity index (χ1n) is 15.7. The molecule has 1 atom stereocenters. The molecule has 9 nitrogen and oxygen atoms in total. The minimum absolute atomic E-state index is 0.0462. The first kappa shape index (κ1) is 31.3. The number of hydrogen-bond acceptors (Lipinski definition) is 9. The van der Waals surface area contributed by atoms with E-state index in [2.05, 4.69) is 75.0 Å². The van der Waals surface area contributed by atoms with Crippen LogP contribution in [-0.2, 0) is 4.79 Å². The smallest absolute Gasteiger partial charge is 0.232 e. The molecule has 3 aromatic rings. The van der Waals surface area contributed by atoms with E-state index in [1.165, 1.54) is 23.1 Å². The van der Waals surface area contributed by atoms with Gasteiger partial charge in [-0.1, -0.05) is 13.0 Å². The Kier molecular flexibility index (Phi) is 10.4. The molecule has 2 aromatic heterocycles. The van der Waals surface area contributed by atoms with Gasteiger partial charge in [0.25, 0.3) is 0 Å². The summed E-state index contributed by atoms with van der Waals surface area (Å²) in [6.45, 7) is 6.22. The van der Waals surface area contributed by atoms with Crippen LogP contribution < -0.4 is 20.7 Å². The van der Waals surface area contributed by atoms with Gasteiger partial charge in [-0.15, -0.1) is 0 Å². The van der Waals surface area contributed by atoms with Gasteiger partial charge >= 0.3 is 0 Å². The number of nitrogens with one attached hydrogen (secondary N) is 3. The fraction of sp³-hybridized carbons (Fsp3) is 0.429. The second-order valence-corrected chi connectivity index (χ2v) is 11.7. The number of fused-ring (bicyclic) bond motifs is 1. The molecule has 0 amide bonds. The Labute approximate surface area is 261 Å². The van der Waals surface area contributed by atoms with Crippen molar-refractivity contribution in [2.24, 2.45) is 0 Å². The van der Waals surface area contributed by atoms with Crippen LogP contribution in [0.4, 0.5) is 11.5 Å². The molecular formula is C35H45N7O2. The van der Waals surface area contributed by atoms with Crippen molar-refractivity contribution < 1.29 is 9.53 Å². The Morgan fingerprint density at radius 1 is 1.11 bits per heavy atom. The van der Waals surface area contributed by atoms with E-state index in [1.54, 1.807) is 19.5 Å². The molecule has 232 valence electrons. The maximum absolute atomic E-state index is 11.5. The average molecular weight is 596 g/mol. The zero-order valence-corrected chi connectivity index (χ0v) is 26.6. The number of anilines is 2. The fourth-order valence-electron chi connectivity index (χ4n) is 6.25. The van der Waals surface area contributed by atoms with Crippen LogP contribution in [0.1, 0.15) is 73.6 Å². The molecule has 4 heterocycles. The molecule has 1 unspecified atom stereocenters. The summed E-state index contributed by atoms with van der Waals surface area (Å²) < 4.78 is 5.32. The predicted octanol–water partition coefficient (Wildman–Crippen LogP) is 6.06. The minimum atomic E-state index is 0.0462. The number of likely N-dealkylation sites (tertiary alicyclic amines) is 1. The number of rotatable bonds is 8. The molecular weight excluding hydrogens is 550 g/mol. The van der Waals surface area contributed by atoms with Crippen molar-refractivity contribution in [1.82, 2.24) is 30.5 Å². The van der Waals surface area contributed by atoms with Gasteiger partial charge in [-0.2, -0.15) is 0 Å². The molecule has 3 aliphatic rings. The summed E-state index contributed by atoms with van der Waals surface area (Å²) in [6, 6.07) is 8.79. The van der Waals surface area contributed by atoms with Gasteiger partial charge in [0.2, 0.25) is 5.88 Å². The number of ether oxygens (including phenoxy) is 1. The van der Waals surface area contributed by atoms with E-state index in [0.29, 0.717) is 17.5 Å². The highest BCUT2D eigenvalue weighted by atomic mass is 16.5. The lowest BCUT2D eigenvalue weighted by molar-refractivity contribution is -0.112. The molecule has 6 rings (SSSR count). The van der Waals surface area contributed by atoms with Crippen molar-refractivity contribution in [2.45, 2.75) is 64.3 Å². The number of nitrogens with zero attached hydrogens (tertiary/aromatic N) is 4. The Morgan fingerprint density at radius 2 is 1.89 bits per heavy atom. The second-order valence-electron chi connectivity index (χ2n) is 11.7. The first-order valence-corrected chi connectivity index (χ1v) is 15.7. The van der Waals surface area contributed by atoms with Gasteiger partial charge in [-0.25, -0.2) is 9.97 Å². The zero-order valence-electron chi connectivity index (χ0n) is 26.6. The third-order valence-corrected chi connectivity index (χ3v) is 8.73. The van der Waals surface area contributed by atoms with Crippen LogP contribution in [0.5, 0.6) is 5.88 Å². The molecule has 2 aliphatic heterocycles. The number of aryl methyl sites for hydroxylation is 1. The first-order chi connectivity index (χ1) is 21.5. The molecule has 1 aromatic carbocycles. The van der Waals surface area contributed by atoms with Gasteiger partial charge in [0.15, 0.2) is 0 Å². The predicted molar refractivity (Wildman–Crippen MR) is 178 cm³/mol.